The van der Waals surface area contributed by atoms with E-state index in [4.69, 9.17) is 9.26 Å². The first-order chi connectivity index (χ1) is 11.3. The van der Waals surface area contributed by atoms with Gasteiger partial charge in [0.25, 0.3) is 5.89 Å². The van der Waals surface area contributed by atoms with Crippen molar-refractivity contribution in [2.75, 3.05) is 0 Å². The molecular formula is C16H18N2O5S. The number of rotatable bonds is 5. The van der Waals surface area contributed by atoms with Crippen molar-refractivity contribution >= 4 is 15.8 Å². The number of aromatic nitrogens is 2. The molecule has 1 aromatic carbocycles. The highest BCUT2D eigenvalue weighted by atomic mass is 32.2. The van der Waals surface area contributed by atoms with Crippen LogP contribution in [0.15, 0.2) is 33.7 Å². The van der Waals surface area contributed by atoms with Crippen molar-refractivity contribution in [3.8, 4) is 0 Å². The molecule has 0 N–H and O–H groups in total. The third-order valence-corrected chi connectivity index (χ3v) is 6.77. The van der Waals surface area contributed by atoms with Crippen LogP contribution in [0.25, 0.3) is 0 Å². The van der Waals surface area contributed by atoms with Gasteiger partial charge >= 0.3 is 5.97 Å². The van der Waals surface area contributed by atoms with E-state index in [0.29, 0.717) is 12.2 Å². The topological polar surface area (TPSA) is 99.4 Å². The zero-order valence-corrected chi connectivity index (χ0v) is 14.3. The van der Waals surface area contributed by atoms with Gasteiger partial charge in [0.2, 0.25) is 0 Å². The van der Waals surface area contributed by atoms with Gasteiger partial charge < -0.3 is 9.26 Å². The van der Waals surface area contributed by atoms with Gasteiger partial charge in [-0.3, -0.25) is 4.79 Å². The van der Waals surface area contributed by atoms with Gasteiger partial charge in [-0.2, -0.15) is 4.98 Å². The predicted molar refractivity (Wildman–Crippen MR) is 83.8 cm³/mol. The number of carbonyl (C=O) groups excluding carboxylic acids is 1. The van der Waals surface area contributed by atoms with Crippen LogP contribution in [0.1, 0.15) is 36.5 Å². The molecule has 1 heterocycles. The standard InChI is InChI=1S/C16H18N2O5S/c1-11-4-6-13(7-5-11)24(20,21)16(8-3-9-16)15(19)22-10-14-17-12(2)18-23-14/h4-7H,3,8-10H2,1-2H3. The normalized spacial score (nSPS) is 16.4. The van der Waals surface area contributed by atoms with E-state index in [1.165, 1.54) is 12.1 Å². The minimum Gasteiger partial charge on any atom is -0.454 e. The summed E-state index contributed by atoms with van der Waals surface area (Å²) in [5.74, 6) is -0.195. The van der Waals surface area contributed by atoms with E-state index in [2.05, 4.69) is 10.1 Å². The highest BCUT2D eigenvalue weighted by molar-refractivity contribution is 7.93. The van der Waals surface area contributed by atoms with Crippen LogP contribution < -0.4 is 0 Å². The van der Waals surface area contributed by atoms with Crippen LogP contribution in [0, 0.1) is 13.8 Å². The minimum atomic E-state index is -3.82. The molecule has 128 valence electrons. The first-order valence-electron chi connectivity index (χ1n) is 7.63. The maximum atomic E-state index is 13.0. The van der Waals surface area contributed by atoms with E-state index >= 15 is 0 Å². The fourth-order valence-corrected chi connectivity index (χ4v) is 4.73. The number of carbonyl (C=O) groups is 1. The molecule has 0 bridgehead atoms. The summed E-state index contributed by atoms with van der Waals surface area (Å²) < 4.78 is 34.4. The van der Waals surface area contributed by atoms with E-state index in [9.17, 15) is 13.2 Å². The molecule has 0 spiro atoms. The lowest BCUT2D eigenvalue weighted by Crippen LogP contribution is -2.52. The van der Waals surface area contributed by atoms with Gasteiger partial charge in [0, 0.05) is 0 Å². The molecular weight excluding hydrogens is 332 g/mol. The zero-order valence-electron chi connectivity index (χ0n) is 13.5. The number of ether oxygens (including phenoxy) is 1. The second-order valence-corrected chi connectivity index (χ2v) is 8.24. The Balaban J connectivity index is 1.82. The number of sulfone groups is 1. The molecule has 0 unspecified atom stereocenters. The summed E-state index contributed by atoms with van der Waals surface area (Å²) >= 11 is 0. The Morgan fingerprint density at radius 3 is 2.42 bits per heavy atom. The zero-order chi connectivity index (χ0) is 17.4. The molecule has 0 atom stereocenters. The molecule has 8 heteroatoms. The monoisotopic (exact) mass is 350 g/mol. The number of hydrogen-bond acceptors (Lipinski definition) is 7. The summed E-state index contributed by atoms with van der Waals surface area (Å²) in [6.07, 6.45) is 1.18. The van der Waals surface area contributed by atoms with Crippen molar-refractivity contribution in [2.45, 2.75) is 49.4 Å². The molecule has 3 rings (SSSR count). The molecule has 1 aliphatic carbocycles. The third-order valence-electron chi connectivity index (χ3n) is 4.28. The van der Waals surface area contributed by atoms with Crippen LogP contribution in [0.5, 0.6) is 0 Å². The Hall–Kier alpha value is -2.22. The van der Waals surface area contributed by atoms with Crippen molar-refractivity contribution in [2.24, 2.45) is 0 Å². The Kier molecular flexibility index (Phi) is 4.16. The largest absolute Gasteiger partial charge is 0.454 e. The highest BCUT2D eigenvalue weighted by Crippen LogP contribution is 2.44. The van der Waals surface area contributed by atoms with Crippen LogP contribution in [0.2, 0.25) is 0 Å². The maximum Gasteiger partial charge on any atom is 0.328 e. The Morgan fingerprint density at radius 2 is 1.92 bits per heavy atom. The Labute approximate surface area is 139 Å². The third kappa shape index (κ3) is 2.71. The molecule has 1 aliphatic rings. The lowest BCUT2D eigenvalue weighted by molar-refractivity contribution is -0.151. The number of benzene rings is 1. The van der Waals surface area contributed by atoms with Gasteiger partial charge in [-0.1, -0.05) is 22.9 Å². The van der Waals surface area contributed by atoms with Gasteiger partial charge in [-0.15, -0.1) is 0 Å². The van der Waals surface area contributed by atoms with Gasteiger partial charge in [0.05, 0.1) is 4.90 Å². The summed E-state index contributed by atoms with van der Waals surface area (Å²) in [6, 6.07) is 6.48. The molecule has 24 heavy (non-hydrogen) atoms. The van der Waals surface area contributed by atoms with Crippen LogP contribution in [-0.2, 0) is 26.0 Å². The van der Waals surface area contributed by atoms with Crippen molar-refractivity contribution in [3.63, 3.8) is 0 Å². The van der Waals surface area contributed by atoms with Gasteiger partial charge in [-0.05, 0) is 45.2 Å². The van der Waals surface area contributed by atoms with E-state index in [1.807, 2.05) is 6.92 Å². The molecule has 0 saturated heterocycles. The fraction of sp³-hybridized carbons (Fsp3) is 0.438. The van der Waals surface area contributed by atoms with E-state index in [-0.39, 0.29) is 30.2 Å². The lowest BCUT2D eigenvalue weighted by Gasteiger charge is -2.38. The number of hydrogen-bond donors (Lipinski definition) is 0. The van der Waals surface area contributed by atoms with Crippen LogP contribution in [0.3, 0.4) is 0 Å². The van der Waals surface area contributed by atoms with Crippen molar-refractivity contribution in [1.29, 1.82) is 0 Å². The van der Waals surface area contributed by atoms with E-state index < -0.39 is 20.6 Å². The first-order valence-corrected chi connectivity index (χ1v) is 9.11. The average molecular weight is 350 g/mol. The van der Waals surface area contributed by atoms with Gasteiger partial charge in [-0.25, -0.2) is 8.42 Å². The van der Waals surface area contributed by atoms with Crippen molar-refractivity contribution in [1.82, 2.24) is 10.1 Å². The summed E-state index contributed by atoms with van der Waals surface area (Å²) in [6.45, 7) is 3.28. The summed E-state index contributed by atoms with van der Waals surface area (Å²) in [5, 5.41) is 3.60. The molecule has 1 saturated carbocycles. The average Bonchev–Trinajstić information content (AvgIpc) is 2.90. The van der Waals surface area contributed by atoms with E-state index in [0.717, 1.165) is 5.56 Å². The smallest absolute Gasteiger partial charge is 0.328 e. The summed E-state index contributed by atoms with van der Waals surface area (Å²) in [7, 11) is -3.82. The van der Waals surface area contributed by atoms with Gasteiger partial charge in [0.15, 0.2) is 27.0 Å². The first kappa shape index (κ1) is 16.6. The predicted octanol–water partition coefficient (Wildman–Crippen LogP) is 2.13. The van der Waals surface area contributed by atoms with Crippen LogP contribution >= 0.6 is 0 Å². The number of nitrogens with zero attached hydrogens (tertiary/aromatic N) is 2. The minimum absolute atomic E-state index is 0.137. The van der Waals surface area contributed by atoms with E-state index in [1.54, 1.807) is 19.1 Å². The van der Waals surface area contributed by atoms with Crippen LogP contribution in [-0.4, -0.2) is 29.3 Å². The second-order valence-electron chi connectivity index (χ2n) is 5.98. The molecule has 2 aromatic rings. The molecule has 1 aromatic heterocycles. The van der Waals surface area contributed by atoms with Crippen molar-refractivity contribution < 1.29 is 22.5 Å². The van der Waals surface area contributed by atoms with Crippen LogP contribution in [0.4, 0.5) is 0 Å². The maximum absolute atomic E-state index is 13.0. The van der Waals surface area contributed by atoms with Crippen molar-refractivity contribution in [3.05, 3.63) is 41.5 Å². The molecule has 1 fully saturated rings. The molecule has 0 radical (unpaired) electrons. The summed E-state index contributed by atoms with van der Waals surface area (Å²) in [5.41, 5.74) is 0.950. The fourth-order valence-electron chi connectivity index (χ4n) is 2.68. The quantitative estimate of drug-likeness (QED) is 0.762. The number of esters is 1. The molecule has 7 nitrogen and oxygen atoms in total. The van der Waals surface area contributed by atoms with Gasteiger partial charge in [0.1, 0.15) is 0 Å². The highest BCUT2D eigenvalue weighted by Gasteiger charge is 2.57. The second kappa shape index (κ2) is 6.01. The number of aryl methyl sites for hydroxylation is 2. The SMILES string of the molecule is Cc1ccc(S(=O)(=O)C2(C(=O)OCc3nc(C)no3)CCC2)cc1. The molecule has 0 amide bonds. The molecule has 0 aliphatic heterocycles. The summed E-state index contributed by atoms with van der Waals surface area (Å²) in [4.78, 5) is 16.6. The Morgan fingerprint density at radius 1 is 1.25 bits per heavy atom. The lowest BCUT2D eigenvalue weighted by atomic mass is 9.84. The Bertz CT molecular complexity index is 851.